The highest BCUT2D eigenvalue weighted by Gasteiger charge is 2.18. The number of furan rings is 1. The Balaban J connectivity index is 1.60. The predicted molar refractivity (Wildman–Crippen MR) is 138 cm³/mol. The fourth-order valence-electron chi connectivity index (χ4n) is 5.19. The van der Waals surface area contributed by atoms with Crippen molar-refractivity contribution in [3.05, 3.63) is 115 Å². The van der Waals surface area contributed by atoms with E-state index >= 15 is 0 Å². The Morgan fingerprint density at radius 1 is 0.588 bits per heavy atom. The zero-order valence-electron chi connectivity index (χ0n) is 18.2. The van der Waals surface area contributed by atoms with Crippen molar-refractivity contribution in [2.75, 3.05) is 0 Å². The van der Waals surface area contributed by atoms with Gasteiger partial charge in [0, 0.05) is 27.1 Å². The number of fused-ring (bicyclic) bond motifs is 6. The first-order valence-corrected chi connectivity index (χ1v) is 11.3. The SMILES string of the molecule is N#Cc1cccc(-n2c3ccccc3c3ccccc32)c1-c1ccc2oc3ccccc3c2c1. The molecule has 7 aromatic rings. The van der Waals surface area contributed by atoms with Gasteiger partial charge in [-0.3, -0.25) is 0 Å². The second-order valence-electron chi connectivity index (χ2n) is 8.49. The van der Waals surface area contributed by atoms with E-state index < -0.39 is 0 Å². The average molecular weight is 434 g/mol. The maximum absolute atomic E-state index is 10.1. The fourth-order valence-corrected chi connectivity index (χ4v) is 5.19. The van der Waals surface area contributed by atoms with Crippen molar-refractivity contribution < 1.29 is 4.42 Å². The van der Waals surface area contributed by atoms with Gasteiger partial charge in [0.15, 0.2) is 0 Å². The smallest absolute Gasteiger partial charge is 0.135 e. The molecule has 0 fully saturated rings. The van der Waals surface area contributed by atoms with Crippen LogP contribution in [0.4, 0.5) is 0 Å². The summed E-state index contributed by atoms with van der Waals surface area (Å²) in [6.07, 6.45) is 0. The summed E-state index contributed by atoms with van der Waals surface area (Å²) in [5, 5.41) is 14.6. The molecule has 3 nitrogen and oxygen atoms in total. The zero-order valence-corrected chi connectivity index (χ0v) is 18.2. The molecule has 0 aliphatic heterocycles. The van der Waals surface area contributed by atoms with Crippen LogP contribution in [-0.4, -0.2) is 4.57 Å². The molecule has 0 atom stereocenters. The Morgan fingerprint density at radius 2 is 1.24 bits per heavy atom. The van der Waals surface area contributed by atoms with Gasteiger partial charge in [0.05, 0.1) is 28.4 Å². The third-order valence-electron chi connectivity index (χ3n) is 6.65. The van der Waals surface area contributed by atoms with Gasteiger partial charge in [-0.2, -0.15) is 5.26 Å². The molecular weight excluding hydrogens is 416 g/mol. The third-order valence-corrected chi connectivity index (χ3v) is 6.65. The molecule has 0 bridgehead atoms. The van der Waals surface area contributed by atoms with Crippen molar-refractivity contribution in [1.29, 1.82) is 5.26 Å². The lowest BCUT2D eigenvalue weighted by Gasteiger charge is -2.15. The summed E-state index contributed by atoms with van der Waals surface area (Å²) in [4.78, 5) is 0. The highest BCUT2D eigenvalue weighted by atomic mass is 16.3. The van der Waals surface area contributed by atoms with Crippen molar-refractivity contribution in [2.24, 2.45) is 0 Å². The minimum atomic E-state index is 0.645. The largest absolute Gasteiger partial charge is 0.456 e. The second-order valence-corrected chi connectivity index (χ2v) is 8.49. The first kappa shape index (κ1) is 18.7. The van der Waals surface area contributed by atoms with E-state index in [1.165, 1.54) is 10.8 Å². The number of rotatable bonds is 2. The molecule has 2 heterocycles. The molecule has 0 saturated carbocycles. The summed E-state index contributed by atoms with van der Waals surface area (Å²) < 4.78 is 8.32. The Morgan fingerprint density at radius 3 is 1.97 bits per heavy atom. The van der Waals surface area contributed by atoms with Crippen molar-refractivity contribution in [2.45, 2.75) is 0 Å². The molecule has 7 rings (SSSR count). The molecule has 0 spiro atoms. The van der Waals surface area contributed by atoms with Gasteiger partial charge >= 0.3 is 0 Å². The quantitative estimate of drug-likeness (QED) is 0.275. The van der Waals surface area contributed by atoms with Crippen LogP contribution in [0.2, 0.25) is 0 Å². The highest BCUT2D eigenvalue weighted by Crippen LogP contribution is 2.39. The Bertz CT molecular complexity index is 1880. The van der Waals surface area contributed by atoms with Crippen LogP contribution < -0.4 is 0 Å². The highest BCUT2D eigenvalue weighted by molar-refractivity contribution is 6.10. The first-order valence-electron chi connectivity index (χ1n) is 11.3. The molecule has 3 heteroatoms. The summed E-state index contributed by atoms with van der Waals surface area (Å²) >= 11 is 0. The zero-order chi connectivity index (χ0) is 22.6. The third kappa shape index (κ3) is 2.57. The lowest BCUT2D eigenvalue weighted by atomic mass is 9.96. The van der Waals surface area contributed by atoms with Crippen LogP contribution in [0, 0.1) is 11.3 Å². The number of nitrogens with zero attached hydrogens (tertiary/aromatic N) is 2. The summed E-state index contributed by atoms with van der Waals surface area (Å²) in [5.41, 5.74) is 7.50. The van der Waals surface area contributed by atoms with E-state index in [0.29, 0.717) is 5.56 Å². The van der Waals surface area contributed by atoms with Crippen molar-refractivity contribution in [3.8, 4) is 22.9 Å². The van der Waals surface area contributed by atoms with Crippen LogP contribution in [0.1, 0.15) is 5.56 Å². The van der Waals surface area contributed by atoms with E-state index in [1.54, 1.807) is 0 Å². The van der Waals surface area contributed by atoms with Gasteiger partial charge in [0.2, 0.25) is 0 Å². The van der Waals surface area contributed by atoms with Crippen LogP contribution in [0.3, 0.4) is 0 Å². The Hall–Kier alpha value is -4.81. The predicted octanol–water partition coefficient (Wildman–Crippen LogP) is 8.22. The molecule has 0 saturated heterocycles. The van der Waals surface area contributed by atoms with E-state index in [0.717, 1.165) is 49.8 Å². The van der Waals surface area contributed by atoms with Crippen molar-refractivity contribution in [3.63, 3.8) is 0 Å². The summed E-state index contributed by atoms with van der Waals surface area (Å²) in [6.45, 7) is 0. The molecule has 0 N–H and O–H groups in total. The minimum absolute atomic E-state index is 0.645. The molecule has 2 aromatic heterocycles. The Labute approximate surface area is 195 Å². The van der Waals surface area contributed by atoms with Gasteiger partial charge < -0.3 is 8.98 Å². The first-order chi connectivity index (χ1) is 16.8. The van der Waals surface area contributed by atoms with Gasteiger partial charge in [-0.15, -0.1) is 0 Å². The molecule has 0 aliphatic rings. The van der Waals surface area contributed by atoms with Crippen LogP contribution in [0.15, 0.2) is 114 Å². The number of nitriles is 1. The topological polar surface area (TPSA) is 41.9 Å². The lowest BCUT2D eigenvalue weighted by molar-refractivity contribution is 0.669. The van der Waals surface area contributed by atoms with E-state index in [1.807, 2.05) is 36.4 Å². The maximum Gasteiger partial charge on any atom is 0.135 e. The van der Waals surface area contributed by atoms with Crippen molar-refractivity contribution >= 4 is 43.7 Å². The van der Waals surface area contributed by atoms with E-state index in [9.17, 15) is 5.26 Å². The van der Waals surface area contributed by atoms with Crippen molar-refractivity contribution in [1.82, 2.24) is 4.57 Å². The summed E-state index contributed by atoms with van der Waals surface area (Å²) in [6, 6.07) is 39.6. The van der Waals surface area contributed by atoms with Gasteiger partial charge in [0.1, 0.15) is 11.2 Å². The van der Waals surface area contributed by atoms with E-state index in [4.69, 9.17) is 4.42 Å². The number of benzene rings is 5. The number of aromatic nitrogens is 1. The molecule has 0 unspecified atom stereocenters. The van der Waals surface area contributed by atoms with E-state index in [2.05, 4.69) is 83.4 Å². The summed E-state index contributed by atoms with van der Waals surface area (Å²) in [7, 11) is 0. The number of para-hydroxylation sites is 3. The molecule has 158 valence electrons. The molecular formula is C31H18N2O. The summed E-state index contributed by atoms with van der Waals surface area (Å²) in [5.74, 6) is 0. The van der Waals surface area contributed by atoms with Gasteiger partial charge in [-0.1, -0.05) is 66.7 Å². The molecule has 5 aromatic carbocycles. The van der Waals surface area contributed by atoms with Crippen LogP contribution in [0.25, 0.3) is 60.6 Å². The maximum atomic E-state index is 10.1. The lowest BCUT2D eigenvalue weighted by Crippen LogP contribution is -1.99. The van der Waals surface area contributed by atoms with Crippen LogP contribution in [0.5, 0.6) is 0 Å². The standard InChI is InChI=1S/C31H18N2O/c32-19-21-8-7-14-28(33-26-12-4-1-9-22(26)23-10-2-5-13-27(23)33)31(21)20-16-17-30-25(18-20)24-11-3-6-15-29(24)34-30/h1-18H. The average Bonchev–Trinajstić information content (AvgIpc) is 3.43. The van der Waals surface area contributed by atoms with E-state index in [-0.39, 0.29) is 0 Å². The van der Waals surface area contributed by atoms with Gasteiger partial charge in [-0.25, -0.2) is 0 Å². The van der Waals surface area contributed by atoms with Crippen LogP contribution >= 0.6 is 0 Å². The monoisotopic (exact) mass is 434 g/mol. The van der Waals surface area contributed by atoms with Gasteiger partial charge in [0.25, 0.3) is 0 Å². The molecule has 0 amide bonds. The molecule has 34 heavy (non-hydrogen) atoms. The second kappa shape index (κ2) is 7.10. The number of hydrogen-bond donors (Lipinski definition) is 0. The Kier molecular flexibility index (Phi) is 3.91. The molecule has 0 radical (unpaired) electrons. The van der Waals surface area contributed by atoms with Crippen LogP contribution in [-0.2, 0) is 0 Å². The minimum Gasteiger partial charge on any atom is -0.456 e. The number of hydrogen-bond acceptors (Lipinski definition) is 2. The fraction of sp³-hybridized carbons (Fsp3) is 0. The molecule has 0 aliphatic carbocycles. The normalized spacial score (nSPS) is 11.5. The van der Waals surface area contributed by atoms with Gasteiger partial charge in [-0.05, 0) is 48.0 Å².